The smallest absolute Gasteiger partial charge is 0.274 e. The predicted octanol–water partition coefficient (Wildman–Crippen LogP) is 4.67. The molecular formula is C22H22FN5O. The van der Waals surface area contributed by atoms with Crippen LogP contribution in [-0.4, -0.2) is 26.9 Å². The molecule has 6 nitrogen and oxygen atoms in total. The van der Waals surface area contributed by atoms with E-state index in [1.807, 2.05) is 0 Å². The summed E-state index contributed by atoms with van der Waals surface area (Å²) in [5, 5.41) is 6.19. The zero-order valence-electron chi connectivity index (χ0n) is 15.9. The lowest BCUT2D eigenvalue weighted by Crippen LogP contribution is -2.24. The fourth-order valence-corrected chi connectivity index (χ4v) is 3.55. The Bertz CT molecular complexity index is 987. The molecule has 0 bridgehead atoms. The Labute approximate surface area is 168 Å². The standard InChI is InChI=1S/C22H22FN5O/c23-16-8-6-15(7-9-16)18-10-12-24-14-20(18)27-21(29)19-11-13-25-22(28-19)26-17-4-2-1-3-5-17/h6-14,17H,1-5H2,(H,27,29)(H,25,26,28). The van der Waals surface area contributed by atoms with E-state index in [2.05, 4.69) is 25.6 Å². The van der Waals surface area contributed by atoms with Crippen molar-refractivity contribution in [1.82, 2.24) is 15.0 Å². The number of amides is 1. The van der Waals surface area contributed by atoms with E-state index in [-0.39, 0.29) is 17.4 Å². The zero-order chi connectivity index (χ0) is 20.1. The Kier molecular flexibility index (Phi) is 5.74. The first-order chi connectivity index (χ1) is 14.2. The van der Waals surface area contributed by atoms with Gasteiger partial charge in [-0.1, -0.05) is 31.4 Å². The van der Waals surface area contributed by atoms with Crippen molar-refractivity contribution in [3.8, 4) is 11.1 Å². The van der Waals surface area contributed by atoms with E-state index in [0.29, 0.717) is 17.7 Å². The van der Waals surface area contributed by atoms with Crippen molar-refractivity contribution >= 4 is 17.5 Å². The second-order valence-electron chi connectivity index (χ2n) is 7.13. The van der Waals surface area contributed by atoms with E-state index in [9.17, 15) is 9.18 Å². The Balaban J connectivity index is 1.51. The van der Waals surface area contributed by atoms with E-state index in [4.69, 9.17) is 0 Å². The number of aromatic nitrogens is 3. The summed E-state index contributed by atoms with van der Waals surface area (Å²) < 4.78 is 13.2. The molecule has 0 aliphatic heterocycles. The number of halogens is 1. The molecule has 1 amide bonds. The van der Waals surface area contributed by atoms with Gasteiger partial charge in [0.2, 0.25) is 5.95 Å². The van der Waals surface area contributed by atoms with Crippen LogP contribution in [0.4, 0.5) is 16.0 Å². The third kappa shape index (κ3) is 4.74. The molecule has 0 saturated heterocycles. The number of hydrogen-bond acceptors (Lipinski definition) is 5. The summed E-state index contributed by atoms with van der Waals surface area (Å²) in [6.07, 6.45) is 10.6. The van der Waals surface area contributed by atoms with Gasteiger partial charge in [-0.2, -0.15) is 0 Å². The number of pyridine rings is 1. The number of benzene rings is 1. The highest BCUT2D eigenvalue weighted by Gasteiger charge is 2.16. The lowest BCUT2D eigenvalue weighted by molar-refractivity contribution is 0.102. The van der Waals surface area contributed by atoms with Gasteiger partial charge in [-0.25, -0.2) is 14.4 Å². The maximum Gasteiger partial charge on any atom is 0.274 e. The van der Waals surface area contributed by atoms with Crippen molar-refractivity contribution in [2.75, 3.05) is 10.6 Å². The van der Waals surface area contributed by atoms with Gasteiger partial charge in [-0.05, 0) is 42.7 Å². The lowest BCUT2D eigenvalue weighted by Gasteiger charge is -2.22. The Morgan fingerprint density at radius 1 is 1.00 bits per heavy atom. The highest BCUT2D eigenvalue weighted by atomic mass is 19.1. The van der Waals surface area contributed by atoms with E-state index in [1.54, 1.807) is 42.9 Å². The van der Waals surface area contributed by atoms with E-state index < -0.39 is 0 Å². The van der Waals surface area contributed by atoms with Gasteiger partial charge >= 0.3 is 0 Å². The van der Waals surface area contributed by atoms with E-state index >= 15 is 0 Å². The molecule has 2 heterocycles. The zero-order valence-corrected chi connectivity index (χ0v) is 15.9. The van der Waals surface area contributed by atoms with Crippen LogP contribution in [0.25, 0.3) is 11.1 Å². The van der Waals surface area contributed by atoms with Gasteiger partial charge in [-0.15, -0.1) is 0 Å². The third-order valence-electron chi connectivity index (χ3n) is 5.05. The summed E-state index contributed by atoms with van der Waals surface area (Å²) in [5.74, 6) is -0.197. The molecule has 1 aliphatic carbocycles. The number of carbonyl (C=O) groups is 1. The molecule has 29 heavy (non-hydrogen) atoms. The highest BCUT2D eigenvalue weighted by molar-refractivity contribution is 6.05. The third-order valence-corrected chi connectivity index (χ3v) is 5.05. The molecule has 7 heteroatoms. The molecule has 0 atom stereocenters. The molecule has 3 aromatic rings. The fraction of sp³-hybridized carbons (Fsp3) is 0.273. The molecule has 2 N–H and O–H groups in total. The minimum absolute atomic E-state index is 0.271. The molecular weight excluding hydrogens is 369 g/mol. The average Bonchev–Trinajstić information content (AvgIpc) is 2.76. The second-order valence-corrected chi connectivity index (χ2v) is 7.13. The summed E-state index contributed by atoms with van der Waals surface area (Å²) in [7, 11) is 0. The van der Waals surface area contributed by atoms with Crippen molar-refractivity contribution in [3.05, 3.63) is 66.5 Å². The largest absolute Gasteiger partial charge is 0.351 e. The van der Waals surface area contributed by atoms with Crippen LogP contribution in [0.1, 0.15) is 42.6 Å². The molecule has 0 spiro atoms. The molecule has 0 radical (unpaired) electrons. The average molecular weight is 391 g/mol. The Hall–Kier alpha value is -3.35. The minimum Gasteiger partial charge on any atom is -0.351 e. The Morgan fingerprint density at radius 2 is 1.79 bits per heavy atom. The highest BCUT2D eigenvalue weighted by Crippen LogP contribution is 2.27. The van der Waals surface area contributed by atoms with E-state index in [0.717, 1.165) is 24.0 Å². The van der Waals surface area contributed by atoms with Gasteiger partial charge in [0.15, 0.2) is 0 Å². The summed E-state index contributed by atoms with van der Waals surface area (Å²) in [6.45, 7) is 0. The number of anilines is 2. The molecule has 1 aliphatic rings. The maximum absolute atomic E-state index is 13.2. The first-order valence-corrected chi connectivity index (χ1v) is 9.80. The SMILES string of the molecule is O=C(Nc1cnccc1-c1ccc(F)cc1)c1ccnc(NC2CCCCC2)n1. The van der Waals surface area contributed by atoms with Crippen molar-refractivity contribution in [2.24, 2.45) is 0 Å². The Morgan fingerprint density at radius 3 is 2.59 bits per heavy atom. The minimum atomic E-state index is -0.351. The summed E-state index contributed by atoms with van der Waals surface area (Å²) in [6, 6.07) is 9.80. The summed E-state index contributed by atoms with van der Waals surface area (Å²) in [4.78, 5) is 25.5. The van der Waals surface area contributed by atoms with Gasteiger partial charge in [0, 0.05) is 24.0 Å². The monoisotopic (exact) mass is 391 g/mol. The van der Waals surface area contributed by atoms with Crippen molar-refractivity contribution in [2.45, 2.75) is 38.1 Å². The van der Waals surface area contributed by atoms with Crippen LogP contribution < -0.4 is 10.6 Å². The topological polar surface area (TPSA) is 79.8 Å². The normalized spacial score (nSPS) is 14.4. The molecule has 2 aromatic heterocycles. The van der Waals surface area contributed by atoms with Crippen LogP contribution in [0.3, 0.4) is 0 Å². The number of rotatable bonds is 5. The lowest BCUT2D eigenvalue weighted by atomic mass is 9.96. The fourth-order valence-electron chi connectivity index (χ4n) is 3.55. The molecule has 0 unspecified atom stereocenters. The van der Waals surface area contributed by atoms with E-state index in [1.165, 1.54) is 31.4 Å². The first kappa shape index (κ1) is 19.0. The number of nitrogens with one attached hydrogen (secondary N) is 2. The molecule has 1 fully saturated rings. The van der Waals surface area contributed by atoms with Gasteiger partial charge in [0.25, 0.3) is 5.91 Å². The molecule has 148 valence electrons. The van der Waals surface area contributed by atoms with Crippen molar-refractivity contribution in [1.29, 1.82) is 0 Å². The van der Waals surface area contributed by atoms with Gasteiger partial charge in [0.05, 0.1) is 11.9 Å². The predicted molar refractivity (Wildman–Crippen MR) is 110 cm³/mol. The van der Waals surface area contributed by atoms with Crippen LogP contribution in [0, 0.1) is 5.82 Å². The number of nitrogens with zero attached hydrogens (tertiary/aromatic N) is 3. The van der Waals surface area contributed by atoms with Crippen molar-refractivity contribution in [3.63, 3.8) is 0 Å². The van der Waals surface area contributed by atoms with Crippen LogP contribution in [-0.2, 0) is 0 Å². The van der Waals surface area contributed by atoms with Gasteiger partial charge in [-0.3, -0.25) is 9.78 Å². The van der Waals surface area contributed by atoms with Crippen LogP contribution >= 0.6 is 0 Å². The second kappa shape index (κ2) is 8.77. The molecule has 1 saturated carbocycles. The van der Waals surface area contributed by atoms with Gasteiger partial charge < -0.3 is 10.6 Å². The number of hydrogen-bond donors (Lipinski definition) is 2. The summed E-state index contributed by atoms with van der Waals surface area (Å²) >= 11 is 0. The first-order valence-electron chi connectivity index (χ1n) is 9.80. The molecule has 1 aromatic carbocycles. The quantitative estimate of drug-likeness (QED) is 0.660. The maximum atomic E-state index is 13.2. The summed E-state index contributed by atoms with van der Waals surface area (Å²) in [5.41, 5.74) is 2.34. The van der Waals surface area contributed by atoms with Crippen LogP contribution in [0.15, 0.2) is 55.0 Å². The van der Waals surface area contributed by atoms with Crippen LogP contribution in [0.5, 0.6) is 0 Å². The van der Waals surface area contributed by atoms with Gasteiger partial charge in [0.1, 0.15) is 11.5 Å². The van der Waals surface area contributed by atoms with Crippen LogP contribution in [0.2, 0.25) is 0 Å². The molecule has 4 rings (SSSR count). The number of carbonyl (C=O) groups excluding carboxylic acids is 1. The van der Waals surface area contributed by atoms with Crippen molar-refractivity contribution < 1.29 is 9.18 Å².